The van der Waals surface area contributed by atoms with Gasteiger partial charge < -0.3 is 14.0 Å². The first-order valence-electron chi connectivity index (χ1n) is 8.98. The van der Waals surface area contributed by atoms with E-state index in [4.69, 9.17) is 9.47 Å². The van der Waals surface area contributed by atoms with Crippen molar-refractivity contribution in [3.8, 4) is 0 Å². The van der Waals surface area contributed by atoms with E-state index in [0.29, 0.717) is 23.8 Å². The second kappa shape index (κ2) is 6.64. The molecule has 4 aliphatic carbocycles. The smallest absolute Gasteiger partial charge is 0.333 e. The Hall–Kier alpha value is -1.41. The fourth-order valence-corrected chi connectivity index (χ4v) is 5.88. The van der Waals surface area contributed by atoms with E-state index in [-0.39, 0.29) is 17.8 Å². The second-order valence-electron chi connectivity index (χ2n) is 8.47. The zero-order chi connectivity index (χ0) is 19.2. The number of rotatable bonds is 7. The molecule has 4 fully saturated rings. The Morgan fingerprint density at radius 1 is 1.19 bits per heavy atom. The normalized spacial score (nSPS) is 35.2. The maximum atomic E-state index is 12.2. The highest BCUT2D eigenvalue weighted by atomic mass is 32.2. The minimum absolute atomic E-state index is 0.172. The SMILES string of the molecule is C=C(C)C(=O)OC12CC3CC(CC(CC(=O)OCCS(=O)(=O)[O-])(C3)C1)C2. The summed E-state index contributed by atoms with van der Waals surface area (Å²) in [5.74, 6) is -0.743. The number of hydrogen-bond acceptors (Lipinski definition) is 7. The largest absolute Gasteiger partial charge is 0.748 e. The number of carbonyl (C=O) groups excluding carboxylic acids is 2. The van der Waals surface area contributed by atoms with Gasteiger partial charge in [-0.1, -0.05) is 6.58 Å². The van der Waals surface area contributed by atoms with E-state index >= 15 is 0 Å². The van der Waals surface area contributed by atoms with Crippen LogP contribution in [-0.2, 0) is 29.2 Å². The Morgan fingerprint density at radius 3 is 2.35 bits per heavy atom. The molecule has 7 nitrogen and oxygen atoms in total. The van der Waals surface area contributed by atoms with Crippen molar-refractivity contribution in [2.45, 2.75) is 57.5 Å². The molecule has 0 aromatic rings. The third-order valence-electron chi connectivity index (χ3n) is 5.90. The molecule has 146 valence electrons. The zero-order valence-electron chi connectivity index (χ0n) is 15.0. The molecule has 2 unspecified atom stereocenters. The van der Waals surface area contributed by atoms with Crippen LogP contribution in [0.15, 0.2) is 12.2 Å². The molecule has 0 spiro atoms. The van der Waals surface area contributed by atoms with Crippen molar-refractivity contribution in [2.24, 2.45) is 17.3 Å². The quantitative estimate of drug-likeness (QED) is 0.374. The molecule has 4 bridgehead atoms. The molecule has 4 aliphatic rings. The van der Waals surface area contributed by atoms with E-state index in [1.54, 1.807) is 6.92 Å². The summed E-state index contributed by atoms with van der Waals surface area (Å²) in [6.07, 6.45) is 5.33. The van der Waals surface area contributed by atoms with Crippen molar-refractivity contribution in [1.82, 2.24) is 0 Å². The van der Waals surface area contributed by atoms with Gasteiger partial charge in [0.15, 0.2) is 0 Å². The van der Waals surface area contributed by atoms with Gasteiger partial charge in [0.1, 0.15) is 12.2 Å². The minimum Gasteiger partial charge on any atom is -0.748 e. The molecule has 0 aromatic heterocycles. The Kier molecular flexibility index (Phi) is 4.94. The van der Waals surface area contributed by atoms with Gasteiger partial charge >= 0.3 is 11.9 Å². The Balaban J connectivity index is 1.66. The van der Waals surface area contributed by atoms with Crippen LogP contribution < -0.4 is 0 Å². The van der Waals surface area contributed by atoms with Gasteiger partial charge in [0.2, 0.25) is 0 Å². The fourth-order valence-electron chi connectivity index (χ4n) is 5.59. The molecule has 4 saturated carbocycles. The van der Waals surface area contributed by atoms with Crippen molar-refractivity contribution >= 4 is 22.1 Å². The van der Waals surface area contributed by atoms with Gasteiger partial charge in [0.05, 0.1) is 22.3 Å². The Labute approximate surface area is 153 Å². The van der Waals surface area contributed by atoms with Crippen LogP contribution in [0.25, 0.3) is 0 Å². The maximum absolute atomic E-state index is 12.2. The fraction of sp³-hybridized carbons (Fsp3) is 0.778. The van der Waals surface area contributed by atoms with Crippen molar-refractivity contribution in [1.29, 1.82) is 0 Å². The Bertz CT molecular complexity index is 710. The van der Waals surface area contributed by atoms with Crippen molar-refractivity contribution in [3.63, 3.8) is 0 Å². The number of esters is 2. The lowest BCUT2D eigenvalue weighted by molar-refractivity contribution is -0.201. The summed E-state index contributed by atoms with van der Waals surface area (Å²) in [7, 11) is -4.40. The first kappa shape index (κ1) is 19.4. The number of ether oxygens (including phenoxy) is 2. The summed E-state index contributed by atoms with van der Waals surface area (Å²) in [5, 5.41) is 0. The number of carbonyl (C=O) groups is 2. The lowest BCUT2D eigenvalue weighted by Crippen LogP contribution is -2.58. The first-order valence-corrected chi connectivity index (χ1v) is 10.6. The molecule has 0 N–H and O–H groups in total. The van der Waals surface area contributed by atoms with Crippen LogP contribution >= 0.6 is 0 Å². The van der Waals surface area contributed by atoms with E-state index in [2.05, 4.69) is 6.58 Å². The van der Waals surface area contributed by atoms with E-state index < -0.39 is 34.0 Å². The first-order chi connectivity index (χ1) is 12.0. The number of hydrogen-bond donors (Lipinski definition) is 0. The van der Waals surface area contributed by atoms with Crippen molar-refractivity contribution in [3.05, 3.63) is 12.2 Å². The molecule has 0 aromatic carbocycles. The molecule has 0 heterocycles. The molecule has 0 radical (unpaired) electrons. The van der Waals surface area contributed by atoms with Gasteiger partial charge in [-0.2, -0.15) is 0 Å². The third-order valence-corrected chi connectivity index (χ3v) is 6.57. The van der Waals surface area contributed by atoms with E-state index in [1.807, 2.05) is 0 Å². The molecule has 0 aliphatic heterocycles. The van der Waals surface area contributed by atoms with E-state index in [9.17, 15) is 22.6 Å². The maximum Gasteiger partial charge on any atom is 0.333 e. The third kappa shape index (κ3) is 4.28. The van der Waals surface area contributed by atoms with Crippen LogP contribution in [0.4, 0.5) is 0 Å². The van der Waals surface area contributed by atoms with Crippen LogP contribution in [0.1, 0.15) is 51.9 Å². The lowest BCUT2D eigenvalue weighted by atomic mass is 9.47. The highest BCUT2D eigenvalue weighted by Crippen LogP contribution is 2.64. The highest BCUT2D eigenvalue weighted by molar-refractivity contribution is 7.85. The summed E-state index contributed by atoms with van der Waals surface area (Å²) >= 11 is 0. The van der Waals surface area contributed by atoms with Gasteiger partial charge in [0, 0.05) is 5.57 Å². The molecule has 0 amide bonds. The molecule has 2 atom stereocenters. The monoisotopic (exact) mass is 385 g/mol. The summed E-state index contributed by atoms with van der Waals surface area (Å²) in [5.41, 5.74) is -0.431. The van der Waals surface area contributed by atoms with Crippen LogP contribution in [-0.4, -0.2) is 42.9 Å². The average molecular weight is 385 g/mol. The summed E-state index contributed by atoms with van der Waals surface area (Å²) < 4.78 is 42.7. The van der Waals surface area contributed by atoms with Gasteiger partial charge in [-0.05, 0) is 62.7 Å². The van der Waals surface area contributed by atoms with Crippen LogP contribution in [0.3, 0.4) is 0 Å². The van der Waals surface area contributed by atoms with E-state index in [1.165, 1.54) is 0 Å². The molecule has 4 rings (SSSR count). The standard InChI is InChI=1S/C18H26O7S/c1-12(2)16(20)25-18-8-13-5-14(9-18)7-17(6-13,11-18)10-15(19)24-3-4-26(21,22)23/h13-14H,1,3-11H2,2H3,(H,21,22,23)/p-1. The molecule has 0 saturated heterocycles. The lowest BCUT2D eigenvalue weighted by Gasteiger charge is -2.61. The predicted octanol–water partition coefficient (Wildman–Crippen LogP) is 1.92. The Morgan fingerprint density at radius 2 is 1.81 bits per heavy atom. The second-order valence-corrected chi connectivity index (χ2v) is 10.00. The van der Waals surface area contributed by atoms with Gasteiger partial charge in [0.25, 0.3) is 0 Å². The summed E-state index contributed by atoms with van der Waals surface area (Å²) in [4.78, 5) is 24.3. The van der Waals surface area contributed by atoms with Crippen molar-refractivity contribution < 1.29 is 32.0 Å². The van der Waals surface area contributed by atoms with Crippen LogP contribution in [0.5, 0.6) is 0 Å². The van der Waals surface area contributed by atoms with Gasteiger partial charge in [-0.3, -0.25) is 4.79 Å². The zero-order valence-corrected chi connectivity index (χ0v) is 15.8. The van der Waals surface area contributed by atoms with Crippen LogP contribution in [0.2, 0.25) is 0 Å². The summed E-state index contributed by atoms with van der Waals surface area (Å²) in [6.45, 7) is 4.86. The van der Waals surface area contributed by atoms with Crippen molar-refractivity contribution in [2.75, 3.05) is 12.4 Å². The van der Waals surface area contributed by atoms with Gasteiger partial charge in [-0.15, -0.1) is 0 Å². The highest BCUT2D eigenvalue weighted by Gasteiger charge is 2.60. The predicted molar refractivity (Wildman–Crippen MR) is 90.9 cm³/mol. The summed E-state index contributed by atoms with van der Waals surface area (Å²) in [6, 6.07) is 0. The van der Waals surface area contributed by atoms with Crippen LogP contribution in [0, 0.1) is 17.3 Å². The average Bonchev–Trinajstić information content (AvgIpc) is 2.42. The molecule has 8 heteroatoms. The minimum atomic E-state index is -4.40. The topological polar surface area (TPSA) is 110 Å². The van der Waals surface area contributed by atoms with Gasteiger partial charge in [-0.25, -0.2) is 13.2 Å². The molecular weight excluding hydrogens is 360 g/mol. The molecule has 26 heavy (non-hydrogen) atoms. The van der Waals surface area contributed by atoms with E-state index in [0.717, 1.165) is 32.1 Å². The molecular formula is C18H25O7S-.